The van der Waals surface area contributed by atoms with Crippen LogP contribution in [-0.4, -0.2) is 19.9 Å². The fourth-order valence-corrected chi connectivity index (χ4v) is 2.53. The zero-order chi connectivity index (χ0) is 18.9. The van der Waals surface area contributed by atoms with Crippen molar-refractivity contribution in [2.45, 2.75) is 58.9 Å². The number of anilines is 1. The van der Waals surface area contributed by atoms with Crippen molar-refractivity contribution in [3.63, 3.8) is 0 Å². The number of nitrogens with two attached hydrogens (primary N) is 2. The third kappa shape index (κ3) is 5.47. The molecule has 0 saturated carbocycles. The molecular weight excluding hydrogens is 330 g/mol. The Morgan fingerprint density at radius 3 is 1.83 bits per heavy atom. The molecule has 0 aromatic heterocycles. The normalized spacial score (nSPS) is 12.6. The first-order valence-electron chi connectivity index (χ1n) is 7.72. The van der Waals surface area contributed by atoms with Crippen LogP contribution in [0.5, 0.6) is 5.75 Å². The fourth-order valence-electron chi connectivity index (χ4n) is 2.11. The Kier molecular flexibility index (Phi) is 6.02. The Morgan fingerprint density at radius 1 is 1.12 bits per heavy atom. The number of benzene rings is 1. The van der Waals surface area contributed by atoms with Crippen LogP contribution in [0.2, 0.25) is 0 Å². The lowest BCUT2D eigenvalue weighted by atomic mass is 9.93. The first kappa shape index (κ1) is 20.4. The van der Waals surface area contributed by atoms with Crippen LogP contribution in [0.4, 0.5) is 5.69 Å². The first-order valence-corrected chi connectivity index (χ1v) is 9.20. The topological polar surface area (TPSA) is 125 Å². The molecule has 1 aromatic rings. The van der Waals surface area contributed by atoms with E-state index >= 15 is 0 Å². The Morgan fingerprint density at radius 2 is 1.54 bits per heavy atom. The molecule has 0 unspecified atom stereocenters. The number of amides is 1. The summed E-state index contributed by atoms with van der Waals surface area (Å²) >= 11 is 0. The van der Waals surface area contributed by atoms with Gasteiger partial charge in [-0.1, -0.05) is 27.7 Å². The summed E-state index contributed by atoms with van der Waals surface area (Å²) in [6.45, 7) is 10.8. The molecular formula is C16H27N3O4S. The van der Waals surface area contributed by atoms with E-state index in [4.69, 9.17) is 15.1 Å². The molecule has 0 radical (unpaired) electrons. The van der Waals surface area contributed by atoms with Gasteiger partial charge in [-0.15, -0.1) is 0 Å². The zero-order valence-corrected chi connectivity index (χ0v) is 15.8. The highest BCUT2D eigenvalue weighted by atomic mass is 32.2. The summed E-state index contributed by atoms with van der Waals surface area (Å²) in [6, 6.07) is 3.36. The first-order chi connectivity index (χ1) is 10.7. The molecule has 0 saturated heterocycles. The van der Waals surface area contributed by atoms with E-state index in [9.17, 15) is 13.2 Å². The molecule has 24 heavy (non-hydrogen) atoms. The summed E-state index contributed by atoms with van der Waals surface area (Å²) in [5, 5.41) is 7.81. The molecule has 5 N–H and O–H groups in total. The molecule has 7 nitrogen and oxygen atoms in total. The summed E-state index contributed by atoms with van der Waals surface area (Å²) in [5.74, 6) is -0.205. The number of hydrogen-bond acceptors (Lipinski definition) is 5. The summed E-state index contributed by atoms with van der Waals surface area (Å²) in [7, 11) is -4.16. The summed E-state index contributed by atoms with van der Waals surface area (Å²) in [6.07, 6.45) is 0. The molecule has 0 heterocycles. The van der Waals surface area contributed by atoms with Crippen LogP contribution in [0.1, 0.15) is 64.5 Å². The van der Waals surface area contributed by atoms with Crippen molar-refractivity contribution in [3.05, 3.63) is 23.3 Å². The van der Waals surface area contributed by atoms with Crippen LogP contribution in [0.3, 0.4) is 0 Å². The van der Waals surface area contributed by atoms with Crippen molar-refractivity contribution in [2.75, 3.05) is 5.32 Å². The number of nitrogens with one attached hydrogen (secondary N) is 1. The number of hydrogen-bond donors (Lipinski definition) is 3. The number of carbonyl (C=O) groups excluding carboxylic acids is 1. The van der Waals surface area contributed by atoms with Crippen molar-refractivity contribution in [1.82, 2.24) is 0 Å². The lowest BCUT2D eigenvalue weighted by Crippen LogP contribution is -2.45. The highest BCUT2D eigenvalue weighted by Crippen LogP contribution is 2.38. The van der Waals surface area contributed by atoms with Gasteiger partial charge in [0.1, 0.15) is 0 Å². The minimum absolute atomic E-state index is 0.0398. The van der Waals surface area contributed by atoms with Gasteiger partial charge in [-0.2, -0.15) is 13.6 Å². The smallest absolute Gasteiger partial charge is 0.370 e. The van der Waals surface area contributed by atoms with Gasteiger partial charge >= 0.3 is 10.3 Å². The lowest BCUT2D eigenvalue weighted by Gasteiger charge is -2.22. The van der Waals surface area contributed by atoms with Crippen molar-refractivity contribution in [3.8, 4) is 5.75 Å². The molecule has 0 aliphatic carbocycles. The predicted molar refractivity (Wildman–Crippen MR) is 95.3 cm³/mol. The molecule has 0 atom stereocenters. The van der Waals surface area contributed by atoms with E-state index in [1.54, 1.807) is 26.0 Å². The van der Waals surface area contributed by atoms with Gasteiger partial charge in [-0.05, 0) is 37.8 Å². The summed E-state index contributed by atoms with van der Waals surface area (Å²) in [4.78, 5) is 12.1. The van der Waals surface area contributed by atoms with Gasteiger partial charge < -0.3 is 15.2 Å². The molecule has 1 aromatic carbocycles. The fraction of sp³-hybridized carbons (Fsp3) is 0.562. The van der Waals surface area contributed by atoms with Gasteiger partial charge in [0, 0.05) is 16.8 Å². The average Bonchev–Trinajstić information content (AvgIpc) is 2.36. The Bertz CT molecular complexity index is 690. The molecule has 0 aliphatic rings. The maximum Gasteiger partial charge on any atom is 0.380 e. The van der Waals surface area contributed by atoms with Gasteiger partial charge in [0.25, 0.3) is 0 Å². The van der Waals surface area contributed by atoms with Crippen molar-refractivity contribution >= 4 is 21.9 Å². The molecule has 1 rings (SSSR count). The largest absolute Gasteiger partial charge is 0.380 e. The van der Waals surface area contributed by atoms with Crippen molar-refractivity contribution in [2.24, 2.45) is 10.9 Å². The third-order valence-corrected chi connectivity index (χ3v) is 3.83. The summed E-state index contributed by atoms with van der Waals surface area (Å²) in [5.41, 5.74) is 6.58. The van der Waals surface area contributed by atoms with E-state index in [2.05, 4.69) is 5.32 Å². The van der Waals surface area contributed by atoms with Crippen molar-refractivity contribution in [1.29, 1.82) is 0 Å². The predicted octanol–water partition coefficient (Wildman–Crippen LogP) is 2.19. The van der Waals surface area contributed by atoms with Crippen molar-refractivity contribution < 1.29 is 17.4 Å². The quantitative estimate of drug-likeness (QED) is 0.720. The number of carbonyl (C=O) groups is 1. The highest BCUT2D eigenvalue weighted by Gasteiger charge is 2.25. The minimum Gasteiger partial charge on any atom is -0.370 e. The molecule has 0 spiro atoms. The van der Waals surface area contributed by atoms with Crippen LogP contribution in [0.15, 0.2) is 12.1 Å². The second kappa shape index (κ2) is 7.08. The van der Waals surface area contributed by atoms with Gasteiger partial charge in [0.2, 0.25) is 5.91 Å². The maximum absolute atomic E-state index is 12.1. The SMILES string of the molecule is CC(C)c1cc(NC(=O)C(C)(C)N)cc(C(C)C)c1OS(N)(=O)=O. The van der Waals surface area contributed by atoms with Gasteiger partial charge in [-0.25, -0.2) is 0 Å². The van der Waals surface area contributed by atoms with Crippen LogP contribution in [0.25, 0.3) is 0 Å². The molecule has 136 valence electrons. The molecule has 1 amide bonds. The highest BCUT2D eigenvalue weighted by molar-refractivity contribution is 7.84. The van der Waals surface area contributed by atoms with E-state index in [1.807, 2.05) is 27.7 Å². The van der Waals surface area contributed by atoms with E-state index in [1.165, 1.54) is 0 Å². The molecule has 0 bridgehead atoms. The van der Waals surface area contributed by atoms with E-state index in [0.29, 0.717) is 16.8 Å². The third-order valence-electron chi connectivity index (χ3n) is 3.43. The lowest BCUT2D eigenvalue weighted by molar-refractivity contribution is -0.120. The monoisotopic (exact) mass is 357 g/mol. The second-order valence-corrected chi connectivity index (χ2v) is 8.20. The second-order valence-electron chi connectivity index (χ2n) is 7.05. The molecule has 0 fully saturated rings. The zero-order valence-electron chi connectivity index (χ0n) is 15.0. The van der Waals surface area contributed by atoms with E-state index in [0.717, 1.165) is 0 Å². The van der Waals surface area contributed by atoms with E-state index < -0.39 is 15.8 Å². The Labute approximate surface area is 144 Å². The van der Waals surface area contributed by atoms with Crippen LogP contribution in [-0.2, 0) is 15.1 Å². The summed E-state index contributed by atoms with van der Waals surface area (Å²) < 4.78 is 27.9. The standard InChI is InChI=1S/C16H27N3O4S/c1-9(2)12-7-11(19-15(20)16(5,6)17)8-13(10(3)4)14(12)23-24(18,21)22/h7-10H,17H2,1-6H3,(H,19,20)(H2,18,21,22). The number of rotatable bonds is 6. The van der Waals surface area contributed by atoms with Gasteiger partial charge in [0.05, 0.1) is 5.54 Å². The van der Waals surface area contributed by atoms with Gasteiger partial charge in [-0.3, -0.25) is 4.79 Å². The Balaban J connectivity index is 3.49. The van der Waals surface area contributed by atoms with Crippen LogP contribution < -0.4 is 20.4 Å². The Hall–Kier alpha value is -1.64. The molecule has 8 heteroatoms. The van der Waals surface area contributed by atoms with Gasteiger partial charge in [0.15, 0.2) is 5.75 Å². The van der Waals surface area contributed by atoms with Crippen LogP contribution >= 0.6 is 0 Å². The molecule has 0 aliphatic heterocycles. The average molecular weight is 357 g/mol. The van der Waals surface area contributed by atoms with Crippen LogP contribution in [0, 0.1) is 0 Å². The minimum atomic E-state index is -4.16. The maximum atomic E-state index is 12.1. The van der Waals surface area contributed by atoms with E-state index in [-0.39, 0.29) is 23.5 Å².